The van der Waals surface area contributed by atoms with Gasteiger partial charge in [0.05, 0.1) is 7.11 Å². The molecule has 6 nitrogen and oxygen atoms in total. The van der Waals surface area contributed by atoms with E-state index in [9.17, 15) is 9.59 Å². The van der Waals surface area contributed by atoms with Crippen molar-refractivity contribution in [1.29, 1.82) is 0 Å². The maximum absolute atomic E-state index is 13.1. The predicted molar refractivity (Wildman–Crippen MR) is 113 cm³/mol. The summed E-state index contributed by atoms with van der Waals surface area (Å²) >= 11 is 0. The molecule has 0 N–H and O–H groups in total. The molecule has 29 heavy (non-hydrogen) atoms. The monoisotopic (exact) mass is 392 g/mol. The largest absolute Gasteiger partial charge is 0.497 e. The van der Waals surface area contributed by atoms with Gasteiger partial charge in [-0.15, -0.1) is 0 Å². The summed E-state index contributed by atoms with van der Waals surface area (Å²) in [4.78, 5) is 29.5. The van der Waals surface area contributed by atoms with Crippen LogP contribution in [0.3, 0.4) is 0 Å². The highest BCUT2D eigenvalue weighted by Gasteiger charge is 2.29. The lowest BCUT2D eigenvalue weighted by Crippen LogP contribution is -2.54. The van der Waals surface area contributed by atoms with Crippen molar-refractivity contribution in [1.82, 2.24) is 4.90 Å². The summed E-state index contributed by atoms with van der Waals surface area (Å²) in [7, 11) is 1.55. The van der Waals surface area contributed by atoms with Gasteiger partial charge in [-0.05, 0) is 49.7 Å². The van der Waals surface area contributed by atoms with Crippen molar-refractivity contribution in [2.24, 2.45) is 0 Å². The highest BCUT2D eigenvalue weighted by Crippen LogP contribution is 2.24. The second-order valence-corrected chi connectivity index (χ2v) is 7.48. The van der Waals surface area contributed by atoms with E-state index in [0.29, 0.717) is 36.4 Å². The van der Waals surface area contributed by atoms with E-state index < -0.39 is 5.63 Å². The van der Waals surface area contributed by atoms with Gasteiger partial charge in [-0.2, -0.15) is 0 Å². The third kappa shape index (κ3) is 3.70. The van der Waals surface area contributed by atoms with Crippen LogP contribution in [0.1, 0.15) is 22.8 Å². The molecule has 6 heteroatoms. The zero-order chi connectivity index (χ0) is 20.5. The molecule has 0 bridgehead atoms. The Morgan fingerprint density at radius 2 is 1.97 bits per heavy atom. The van der Waals surface area contributed by atoms with Crippen LogP contribution in [0.2, 0.25) is 0 Å². The number of methoxy groups -OCH3 is 1. The molecular formula is C23H24N2O4. The minimum absolute atomic E-state index is 0.0684. The van der Waals surface area contributed by atoms with Crippen molar-refractivity contribution < 1.29 is 13.9 Å². The molecule has 2 heterocycles. The smallest absolute Gasteiger partial charge is 0.349 e. The number of carbonyl (C=O) groups excluding carboxylic acids is 1. The van der Waals surface area contributed by atoms with Gasteiger partial charge >= 0.3 is 5.63 Å². The van der Waals surface area contributed by atoms with Crippen LogP contribution in [0.5, 0.6) is 5.75 Å². The van der Waals surface area contributed by atoms with Crippen LogP contribution < -0.4 is 15.3 Å². The van der Waals surface area contributed by atoms with Gasteiger partial charge in [-0.25, -0.2) is 4.79 Å². The Morgan fingerprint density at radius 3 is 2.69 bits per heavy atom. The first-order valence-electron chi connectivity index (χ1n) is 9.71. The average molecular weight is 392 g/mol. The number of aryl methyl sites for hydroxylation is 1. The number of rotatable bonds is 3. The summed E-state index contributed by atoms with van der Waals surface area (Å²) in [6.07, 6.45) is 0. The summed E-state index contributed by atoms with van der Waals surface area (Å²) in [5, 5.41) is 0.695. The van der Waals surface area contributed by atoms with E-state index in [1.54, 1.807) is 36.3 Å². The van der Waals surface area contributed by atoms with Gasteiger partial charge in [-0.1, -0.05) is 12.1 Å². The summed E-state index contributed by atoms with van der Waals surface area (Å²) in [5.74, 6) is 0.313. The first-order chi connectivity index (χ1) is 14.0. The first kappa shape index (κ1) is 19.1. The number of benzene rings is 2. The number of nitrogens with zero attached hydrogens (tertiary/aromatic N) is 2. The number of carbonyl (C=O) groups is 1. The van der Waals surface area contributed by atoms with Crippen LogP contribution in [0, 0.1) is 6.92 Å². The first-order valence-corrected chi connectivity index (χ1v) is 9.71. The van der Waals surface area contributed by atoms with Crippen molar-refractivity contribution >= 4 is 22.6 Å². The van der Waals surface area contributed by atoms with Crippen LogP contribution in [-0.4, -0.2) is 43.6 Å². The Hall–Kier alpha value is -3.28. The third-order valence-corrected chi connectivity index (χ3v) is 5.42. The molecular weight excluding hydrogens is 368 g/mol. The molecule has 1 aliphatic rings. The van der Waals surface area contributed by atoms with Gasteiger partial charge in [0.2, 0.25) is 0 Å². The molecule has 1 unspecified atom stereocenters. The molecule has 1 aliphatic heterocycles. The van der Waals surface area contributed by atoms with Crippen molar-refractivity contribution in [2.75, 3.05) is 31.6 Å². The molecule has 1 fully saturated rings. The average Bonchev–Trinajstić information content (AvgIpc) is 2.72. The maximum Gasteiger partial charge on any atom is 0.349 e. The van der Waals surface area contributed by atoms with E-state index in [1.165, 1.54) is 5.56 Å². The summed E-state index contributed by atoms with van der Waals surface area (Å²) < 4.78 is 10.5. The standard InChI is InChI=1S/C23H24N2O4/c1-15-5-4-6-18(11-15)25-10-9-24(14-16(25)2)22(26)20-12-17-7-8-19(28-3)13-21(17)29-23(20)27/h4-8,11-13,16H,9-10,14H2,1-3H3. The lowest BCUT2D eigenvalue weighted by atomic mass is 10.1. The van der Waals surface area contributed by atoms with Gasteiger partial charge in [0.1, 0.15) is 16.9 Å². The van der Waals surface area contributed by atoms with Gasteiger partial charge in [0, 0.05) is 42.8 Å². The van der Waals surface area contributed by atoms with Gasteiger partial charge < -0.3 is 19.0 Å². The second-order valence-electron chi connectivity index (χ2n) is 7.48. The highest BCUT2D eigenvalue weighted by molar-refractivity contribution is 5.97. The number of piperazine rings is 1. The predicted octanol–water partition coefficient (Wildman–Crippen LogP) is 3.46. The van der Waals surface area contributed by atoms with Gasteiger partial charge in [0.25, 0.3) is 5.91 Å². The number of hydrogen-bond acceptors (Lipinski definition) is 5. The summed E-state index contributed by atoms with van der Waals surface area (Å²) in [6, 6.07) is 15.3. The number of hydrogen-bond donors (Lipinski definition) is 0. The molecule has 2 aromatic carbocycles. The zero-order valence-corrected chi connectivity index (χ0v) is 16.8. The number of anilines is 1. The van der Waals surface area contributed by atoms with Crippen molar-refractivity contribution in [2.45, 2.75) is 19.9 Å². The third-order valence-electron chi connectivity index (χ3n) is 5.42. The molecule has 0 aliphatic carbocycles. The fourth-order valence-electron chi connectivity index (χ4n) is 3.87. The molecule has 0 saturated carbocycles. The molecule has 1 saturated heterocycles. The van der Waals surface area contributed by atoms with Gasteiger partial charge in [-0.3, -0.25) is 4.79 Å². The highest BCUT2D eigenvalue weighted by atomic mass is 16.5. The Labute approximate surface area is 169 Å². The number of fused-ring (bicyclic) bond motifs is 1. The molecule has 1 atom stereocenters. The van der Waals surface area contributed by atoms with Gasteiger partial charge in [0.15, 0.2) is 0 Å². The summed E-state index contributed by atoms with van der Waals surface area (Å²) in [5.41, 5.74) is 2.22. The Morgan fingerprint density at radius 1 is 1.14 bits per heavy atom. The van der Waals surface area contributed by atoms with Crippen molar-refractivity contribution in [3.05, 3.63) is 70.1 Å². The Bertz CT molecular complexity index is 1120. The number of ether oxygens (including phenoxy) is 1. The lowest BCUT2D eigenvalue weighted by molar-refractivity contribution is 0.0722. The minimum atomic E-state index is -0.621. The van der Waals surface area contributed by atoms with E-state index in [1.807, 2.05) is 6.07 Å². The molecule has 1 amide bonds. The van der Waals surface area contributed by atoms with E-state index in [4.69, 9.17) is 9.15 Å². The van der Waals surface area contributed by atoms with E-state index in [2.05, 4.69) is 36.9 Å². The quantitative estimate of drug-likeness (QED) is 0.639. The van der Waals surface area contributed by atoms with E-state index >= 15 is 0 Å². The van der Waals surface area contributed by atoms with Crippen molar-refractivity contribution in [3.63, 3.8) is 0 Å². The maximum atomic E-state index is 13.1. The van der Waals surface area contributed by atoms with Crippen LogP contribution in [0.15, 0.2) is 57.7 Å². The second kappa shape index (κ2) is 7.62. The normalized spacial score (nSPS) is 16.9. The molecule has 0 spiro atoms. The van der Waals surface area contributed by atoms with Crippen molar-refractivity contribution in [3.8, 4) is 5.75 Å². The van der Waals surface area contributed by atoms with Crippen LogP contribution in [-0.2, 0) is 0 Å². The fraction of sp³-hybridized carbons (Fsp3) is 0.304. The van der Waals surface area contributed by atoms with E-state index in [-0.39, 0.29) is 17.5 Å². The molecule has 150 valence electrons. The number of amides is 1. The minimum Gasteiger partial charge on any atom is -0.497 e. The van der Waals surface area contributed by atoms with Crippen LogP contribution >= 0.6 is 0 Å². The topological polar surface area (TPSA) is 63.0 Å². The Balaban J connectivity index is 1.56. The lowest BCUT2D eigenvalue weighted by Gasteiger charge is -2.41. The zero-order valence-electron chi connectivity index (χ0n) is 16.8. The molecule has 1 aromatic heterocycles. The Kier molecular flexibility index (Phi) is 5.01. The molecule has 0 radical (unpaired) electrons. The van der Waals surface area contributed by atoms with Crippen LogP contribution in [0.4, 0.5) is 5.69 Å². The summed E-state index contributed by atoms with van der Waals surface area (Å²) in [6.45, 7) is 5.98. The fourth-order valence-corrected chi connectivity index (χ4v) is 3.87. The molecule has 4 rings (SSSR count). The SMILES string of the molecule is COc1ccc2cc(C(=O)N3CCN(c4cccc(C)c4)C(C)C3)c(=O)oc2c1. The molecule has 3 aromatic rings. The van der Waals surface area contributed by atoms with Crippen LogP contribution in [0.25, 0.3) is 11.0 Å². The van der Waals surface area contributed by atoms with E-state index in [0.717, 1.165) is 5.69 Å².